The van der Waals surface area contributed by atoms with Gasteiger partial charge in [-0.3, -0.25) is 9.67 Å². The molecule has 0 amide bonds. The summed E-state index contributed by atoms with van der Waals surface area (Å²) < 4.78 is 1.95. The molecule has 1 aliphatic carbocycles. The maximum absolute atomic E-state index is 4.43. The minimum atomic E-state index is 0. The summed E-state index contributed by atoms with van der Waals surface area (Å²) in [7, 11) is 1.83. The van der Waals surface area contributed by atoms with Gasteiger partial charge in [-0.05, 0) is 48.1 Å². The topological polar surface area (TPSA) is 54.2 Å². The summed E-state index contributed by atoms with van der Waals surface area (Å²) in [6.07, 6.45) is 6.27. The maximum Gasteiger partial charge on any atom is 0.191 e. The average molecular weight is 515 g/mol. The van der Waals surface area contributed by atoms with E-state index in [-0.39, 0.29) is 29.4 Å². The zero-order valence-electron chi connectivity index (χ0n) is 17.6. The van der Waals surface area contributed by atoms with Crippen molar-refractivity contribution >= 4 is 29.9 Å². The van der Waals surface area contributed by atoms with Gasteiger partial charge >= 0.3 is 0 Å². The van der Waals surface area contributed by atoms with Crippen LogP contribution in [0.15, 0.2) is 72.0 Å². The van der Waals surface area contributed by atoms with Crippen LogP contribution in [0.1, 0.15) is 35.1 Å². The van der Waals surface area contributed by atoms with Gasteiger partial charge in [-0.15, -0.1) is 24.0 Å². The Bertz CT molecular complexity index is 977. The summed E-state index contributed by atoms with van der Waals surface area (Å²) >= 11 is 0. The SMILES string of the molecule is CN=C(NCc1ccccc1Cn1cccn1)NCC1(c2ccccc2C)CC1.I. The predicted octanol–water partition coefficient (Wildman–Crippen LogP) is 4.25. The van der Waals surface area contributed by atoms with Crippen molar-refractivity contribution in [1.29, 1.82) is 0 Å². The van der Waals surface area contributed by atoms with Crippen LogP contribution >= 0.6 is 24.0 Å². The zero-order chi connectivity index (χ0) is 20.1. The van der Waals surface area contributed by atoms with Crippen molar-refractivity contribution in [3.63, 3.8) is 0 Å². The third kappa shape index (κ3) is 5.22. The number of guanidine groups is 1. The maximum atomic E-state index is 4.43. The van der Waals surface area contributed by atoms with Gasteiger partial charge in [0.1, 0.15) is 0 Å². The van der Waals surface area contributed by atoms with Crippen LogP contribution in [-0.4, -0.2) is 29.3 Å². The smallest absolute Gasteiger partial charge is 0.191 e. The minimum absolute atomic E-state index is 0. The summed E-state index contributed by atoms with van der Waals surface area (Å²) in [5.74, 6) is 0.846. The number of hydrogen-bond acceptors (Lipinski definition) is 2. The van der Waals surface area contributed by atoms with Crippen LogP contribution in [0.4, 0.5) is 0 Å². The van der Waals surface area contributed by atoms with Gasteiger partial charge in [0.15, 0.2) is 5.96 Å². The molecule has 0 bridgehead atoms. The molecule has 0 spiro atoms. The molecule has 2 aromatic carbocycles. The third-order valence-corrected chi connectivity index (χ3v) is 5.84. The summed E-state index contributed by atoms with van der Waals surface area (Å²) in [4.78, 5) is 4.43. The molecule has 0 unspecified atom stereocenters. The normalized spacial score (nSPS) is 14.7. The van der Waals surface area contributed by atoms with Crippen LogP contribution in [0, 0.1) is 6.92 Å². The van der Waals surface area contributed by atoms with Crippen LogP contribution in [0.5, 0.6) is 0 Å². The van der Waals surface area contributed by atoms with Crippen molar-refractivity contribution < 1.29 is 0 Å². The number of halogens is 1. The molecule has 1 fully saturated rings. The van der Waals surface area contributed by atoms with E-state index in [2.05, 4.69) is 76.2 Å². The molecular weight excluding hydrogens is 485 g/mol. The molecule has 0 saturated heterocycles. The molecule has 0 atom stereocenters. The molecule has 1 saturated carbocycles. The highest BCUT2D eigenvalue weighted by molar-refractivity contribution is 14.0. The van der Waals surface area contributed by atoms with Crippen LogP contribution in [0.2, 0.25) is 0 Å². The van der Waals surface area contributed by atoms with E-state index in [4.69, 9.17) is 0 Å². The Balaban J connectivity index is 0.00000256. The number of aliphatic imine (C=N–C) groups is 1. The van der Waals surface area contributed by atoms with E-state index < -0.39 is 0 Å². The Kier molecular flexibility index (Phi) is 7.53. The monoisotopic (exact) mass is 515 g/mol. The molecule has 1 heterocycles. The first-order chi connectivity index (χ1) is 14.2. The molecule has 6 heteroatoms. The van der Waals surface area contributed by atoms with Crippen molar-refractivity contribution in [2.24, 2.45) is 4.99 Å². The molecule has 3 aromatic rings. The highest BCUT2D eigenvalue weighted by atomic mass is 127. The third-order valence-electron chi connectivity index (χ3n) is 5.84. The highest BCUT2D eigenvalue weighted by Crippen LogP contribution is 2.48. The molecule has 5 nitrogen and oxygen atoms in total. The summed E-state index contributed by atoms with van der Waals surface area (Å²) in [5, 5.41) is 11.4. The highest BCUT2D eigenvalue weighted by Gasteiger charge is 2.44. The van der Waals surface area contributed by atoms with Gasteiger partial charge in [0.2, 0.25) is 0 Å². The number of benzene rings is 2. The van der Waals surface area contributed by atoms with Gasteiger partial charge < -0.3 is 10.6 Å². The van der Waals surface area contributed by atoms with Gasteiger partial charge in [0.05, 0.1) is 6.54 Å². The Morgan fingerprint density at radius 1 is 1.03 bits per heavy atom. The fraction of sp³-hybridized carbons (Fsp3) is 0.333. The van der Waals surface area contributed by atoms with E-state index in [1.807, 2.05) is 30.2 Å². The quantitative estimate of drug-likeness (QED) is 0.281. The molecular formula is C24H30IN5. The van der Waals surface area contributed by atoms with Gasteiger partial charge in [0, 0.05) is 37.9 Å². The predicted molar refractivity (Wildman–Crippen MR) is 133 cm³/mol. The zero-order valence-corrected chi connectivity index (χ0v) is 20.0. The minimum Gasteiger partial charge on any atom is -0.356 e. The van der Waals surface area contributed by atoms with Gasteiger partial charge in [0.25, 0.3) is 0 Å². The van der Waals surface area contributed by atoms with Crippen molar-refractivity contribution in [2.45, 2.75) is 38.3 Å². The van der Waals surface area contributed by atoms with E-state index in [1.54, 1.807) is 0 Å². The molecule has 1 aromatic heterocycles. The Morgan fingerprint density at radius 3 is 2.43 bits per heavy atom. The first-order valence-electron chi connectivity index (χ1n) is 10.2. The number of nitrogens with one attached hydrogen (secondary N) is 2. The van der Waals surface area contributed by atoms with Crippen LogP contribution < -0.4 is 10.6 Å². The molecule has 158 valence electrons. The lowest BCUT2D eigenvalue weighted by molar-refractivity contribution is 0.640. The van der Waals surface area contributed by atoms with E-state index >= 15 is 0 Å². The van der Waals surface area contributed by atoms with Crippen LogP contribution in [0.3, 0.4) is 0 Å². The van der Waals surface area contributed by atoms with Gasteiger partial charge in [-0.1, -0.05) is 48.5 Å². The second kappa shape index (κ2) is 10.1. The summed E-state index contributed by atoms with van der Waals surface area (Å²) in [6.45, 7) is 4.62. The van der Waals surface area contributed by atoms with E-state index in [0.29, 0.717) is 0 Å². The Hall–Kier alpha value is -2.35. The number of aryl methyl sites for hydroxylation is 1. The van der Waals surface area contributed by atoms with Crippen molar-refractivity contribution in [3.05, 3.63) is 89.2 Å². The number of aromatic nitrogens is 2. The second-order valence-electron chi connectivity index (χ2n) is 7.85. The summed E-state index contributed by atoms with van der Waals surface area (Å²) in [5.41, 5.74) is 5.61. The molecule has 4 rings (SSSR count). The van der Waals surface area contributed by atoms with Crippen molar-refractivity contribution in [3.8, 4) is 0 Å². The lowest BCUT2D eigenvalue weighted by atomic mass is 9.92. The lowest BCUT2D eigenvalue weighted by Crippen LogP contribution is -2.41. The lowest BCUT2D eigenvalue weighted by Gasteiger charge is -2.21. The fourth-order valence-corrected chi connectivity index (χ4v) is 3.97. The second-order valence-corrected chi connectivity index (χ2v) is 7.85. The summed E-state index contributed by atoms with van der Waals surface area (Å²) in [6, 6.07) is 19.2. The fourth-order valence-electron chi connectivity index (χ4n) is 3.97. The van der Waals surface area contributed by atoms with E-state index in [0.717, 1.165) is 25.6 Å². The Labute approximate surface area is 196 Å². The Morgan fingerprint density at radius 2 is 1.77 bits per heavy atom. The number of rotatable bonds is 7. The van der Waals surface area contributed by atoms with Crippen LogP contribution in [0.25, 0.3) is 0 Å². The number of nitrogens with zero attached hydrogens (tertiary/aromatic N) is 3. The van der Waals surface area contributed by atoms with E-state index in [9.17, 15) is 0 Å². The molecule has 0 aliphatic heterocycles. The van der Waals surface area contributed by atoms with E-state index in [1.165, 1.54) is 35.1 Å². The average Bonchev–Trinajstić information content (AvgIpc) is 3.35. The first-order valence-corrected chi connectivity index (χ1v) is 10.2. The first kappa shape index (κ1) is 22.3. The molecule has 30 heavy (non-hydrogen) atoms. The number of hydrogen-bond donors (Lipinski definition) is 2. The van der Waals surface area contributed by atoms with Crippen molar-refractivity contribution in [2.75, 3.05) is 13.6 Å². The molecule has 2 N–H and O–H groups in total. The molecule has 1 aliphatic rings. The van der Waals surface area contributed by atoms with Crippen molar-refractivity contribution in [1.82, 2.24) is 20.4 Å². The standard InChI is InChI=1S/C24H29N5.HI/c1-19-8-3-6-11-22(19)24(12-13-24)18-27-23(25-2)26-16-20-9-4-5-10-21(20)17-29-15-7-14-28-29;/h3-11,14-15H,12-13,16-18H2,1-2H3,(H2,25,26,27);1H. The van der Waals surface area contributed by atoms with Gasteiger partial charge in [-0.25, -0.2) is 0 Å². The molecule has 0 radical (unpaired) electrons. The van der Waals surface area contributed by atoms with Gasteiger partial charge in [-0.2, -0.15) is 5.10 Å². The van der Waals surface area contributed by atoms with Crippen LogP contribution in [-0.2, 0) is 18.5 Å². The largest absolute Gasteiger partial charge is 0.356 e.